The lowest BCUT2D eigenvalue weighted by atomic mass is 9.91. The van der Waals surface area contributed by atoms with Crippen LogP contribution in [0.1, 0.15) is 11.3 Å². The standard InChI is InChI=1S/C56H37N5/c1-3-4-20-38-35(2)60(56-58-54(48-28-15-34-57-55(48)59-56)46-27-12-17-36-16-8-9-21-39(36)46)50-32-30-42-40(23-13-25-44(42)52(38)50)41-24-14-26-45-43(41)31-33-51-53(45)47-22-10-11-29-49(47)61(51)37-18-6-5-7-19-37/h3-34H,1H2,2H3/b20-4-. The van der Waals surface area contributed by atoms with Crippen molar-refractivity contribution in [2.75, 3.05) is 0 Å². The van der Waals surface area contributed by atoms with Crippen LogP contribution in [0.2, 0.25) is 0 Å². The third-order valence-electron chi connectivity index (χ3n) is 12.4. The van der Waals surface area contributed by atoms with E-state index in [1.165, 1.54) is 49.1 Å². The molecule has 0 aliphatic heterocycles. The summed E-state index contributed by atoms with van der Waals surface area (Å²) in [7, 11) is 0. The van der Waals surface area contributed by atoms with Crippen LogP contribution in [0.3, 0.4) is 0 Å². The third kappa shape index (κ3) is 5.24. The average Bonchev–Trinajstić information content (AvgIpc) is 3.81. The van der Waals surface area contributed by atoms with Gasteiger partial charge in [-0.3, -0.25) is 4.57 Å². The fraction of sp³-hybridized carbons (Fsp3) is 0.0179. The molecule has 0 aliphatic carbocycles. The van der Waals surface area contributed by atoms with Gasteiger partial charge in [-0.15, -0.1) is 0 Å². The van der Waals surface area contributed by atoms with Gasteiger partial charge in [-0.05, 0) is 92.8 Å². The van der Waals surface area contributed by atoms with Gasteiger partial charge in [0.15, 0.2) is 5.65 Å². The van der Waals surface area contributed by atoms with Gasteiger partial charge in [-0.1, -0.05) is 152 Å². The summed E-state index contributed by atoms with van der Waals surface area (Å²) in [5, 5.41) is 11.6. The Labute approximate surface area is 351 Å². The van der Waals surface area contributed by atoms with Crippen LogP contribution < -0.4 is 0 Å². The van der Waals surface area contributed by atoms with Gasteiger partial charge in [0.25, 0.3) is 0 Å². The number of hydrogen-bond donors (Lipinski definition) is 0. The van der Waals surface area contributed by atoms with E-state index < -0.39 is 0 Å². The first-order chi connectivity index (χ1) is 30.2. The van der Waals surface area contributed by atoms with E-state index in [1.807, 2.05) is 18.2 Å². The number of nitrogens with zero attached hydrogens (tertiary/aromatic N) is 5. The molecule has 12 rings (SSSR count). The summed E-state index contributed by atoms with van der Waals surface area (Å²) in [6, 6.07) is 60.9. The lowest BCUT2D eigenvalue weighted by Gasteiger charge is -2.14. The molecule has 0 atom stereocenters. The third-order valence-corrected chi connectivity index (χ3v) is 12.4. The van der Waals surface area contributed by atoms with E-state index in [-0.39, 0.29) is 0 Å². The van der Waals surface area contributed by atoms with Crippen LogP contribution in [0.25, 0.3) is 116 Å². The van der Waals surface area contributed by atoms with Crippen LogP contribution in [0, 0.1) is 6.92 Å². The second kappa shape index (κ2) is 13.7. The molecule has 0 fully saturated rings. The summed E-state index contributed by atoms with van der Waals surface area (Å²) < 4.78 is 4.58. The maximum Gasteiger partial charge on any atom is 0.237 e. The van der Waals surface area contributed by atoms with Crippen LogP contribution in [-0.4, -0.2) is 24.1 Å². The van der Waals surface area contributed by atoms with E-state index in [0.29, 0.717) is 11.6 Å². The molecule has 4 aromatic heterocycles. The number of fused-ring (bicyclic) bond motifs is 10. The molecule has 0 saturated heterocycles. The van der Waals surface area contributed by atoms with Crippen molar-refractivity contribution in [1.29, 1.82) is 0 Å². The van der Waals surface area contributed by atoms with Crippen molar-refractivity contribution in [2.24, 2.45) is 0 Å². The topological polar surface area (TPSA) is 48.5 Å². The summed E-state index contributed by atoms with van der Waals surface area (Å²) in [6.45, 7) is 6.19. The van der Waals surface area contributed by atoms with Crippen molar-refractivity contribution < 1.29 is 0 Å². The highest BCUT2D eigenvalue weighted by molar-refractivity contribution is 6.24. The smallest absolute Gasteiger partial charge is 0.237 e. The molecule has 4 heterocycles. The van der Waals surface area contributed by atoms with Crippen molar-refractivity contribution in [1.82, 2.24) is 24.1 Å². The van der Waals surface area contributed by atoms with E-state index in [9.17, 15) is 0 Å². The predicted octanol–water partition coefficient (Wildman–Crippen LogP) is 14.4. The van der Waals surface area contributed by atoms with Gasteiger partial charge >= 0.3 is 0 Å². The zero-order valence-corrected chi connectivity index (χ0v) is 33.4. The highest BCUT2D eigenvalue weighted by Crippen LogP contribution is 2.44. The fourth-order valence-corrected chi connectivity index (χ4v) is 9.76. The fourth-order valence-electron chi connectivity index (χ4n) is 9.76. The second-order valence-corrected chi connectivity index (χ2v) is 15.6. The highest BCUT2D eigenvalue weighted by atomic mass is 15.2. The molecular formula is C56H37N5. The molecular weight excluding hydrogens is 743 g/mol. The maximum absolute atomic E-state index is 5.41. The molecule has 5 heteroatoms. The van der Waals surface area contributed by atoms with Crippen molar-refractivity contribution in [2.45, 2.75) is 6.92 Å². The van der Waals surface area contributed by atoms with Crippen molar-refractivity contribution >= 4 is 82.1 Å². The minimum atomic E-state index is 0.582. The lowest BCUT2D eigenvalue weighted by molar-refractivity contribution is 0.939. The van der Waals surface area contributed by atoms with Gasteiger partial charge in [0.05, 0.1) is 22.2 Å². The molecule has 0 saturated carbocycles. The van der Waals surface area contributed by atoms with Gasteiger partial charge in [-0.25, -0.2) is 9.97 Å². The summed E-state index contributed by atoms with van der Waals surface area (Å²) in [4.78, 5) is 15.3. The second-order valence-electron chi connectivity index (χ2n) is 15.6. The predicted molar refractivity (Wildman–Crippen MR) is 256 cm³/mol. The number of pyridine rings is 1. The summed E-state index contributed by atoms with van der Waals surface area (Å²) >= 11 is 0. The molecule has 0 spiro atoms. The molecule has 286 valence electrons. The van der Waals surface area contributed by atoms with Gasteiger partial charge < -0.3 is 4.57 Å². The zero-order chi connectivity index (χ0) is 40.6. The number of rotatable bonds is 6. The molecule has 0 N–H and O–H groups in total. The molecule has 8 aromatic carbocycles. The number of benzene rings is 8. The SMILES string of the molecule is C=C/C=C\c1c(C)n(-c2nc(-c3cccc4ccccc34)c3cccnc3n2)c2ccc3c(-c4cccc5c4ccc4c5c5ccccc5n4-c4ccccc4)cccc3c12. The molecule has 5 nitrogen and oxygen atoms in total. The van der Waals surface area contributed by atoms with Gasteiger partial charge in [-0.2, -0.15) is 4.98 Å². The highest BCUT2D eigenvalue weighted by Gasteiger charge is 2.23. The maximum atomic E-state index is 5.41. The van der Waals surface area contributed by atoms with Gasteiger partial charge in [0.2, 0.25) is 5.95 Å². The van der Waals surface area contributed by atoms with Crippen molar-refractivity contribution in [3.8, 4) is 34.0 Å². The quantitative estimate of drug-likeness (QED) is 0.158. The first kappa shape index (κ1) is 34.9. The minimum absolute atomic E-state index is 0.582. The monoisotopic (exact) mass is 779 g/mol. The Bertz CT molecular complexity index is 3790. The minimum Gasteiger partial charge on any atom is -0.309 e. The molecule has 0 aliphatic rings. The van der Waals surface area contributed by atoms with Crippen LogP contribution in [0.15, 0.2) is 195 Å². The van der Waals surface area contributed by atoms with Crippen LogP contribution in [0.4, 0.5) is 0 Å². The molecule has 0 bridgehead atoms. The lowest BCUT2D eigenvalue weighted by Crippen LogP contribution is -2.06. The Morgan fingerprint density at radius 1 is 0.475 bits per heavy atom. The first-order valence-corrected chi connectivity index (χ1v) is 20.7. The first-order valence-electron chi connectivity index (χ1n) is 20.7. The number of aromatic nitrogens is 5. The number of allylic oxidation sites excluding steroid dienone is 2. The molecule has 61 heavy (non-hydrogen) atoms. The average molecular weight is 780 g/mol. The van der Waals surface area contributed by atoms with Crippen LogP contribution in [-0.2, 0) is 0 Å². The zero-order valence-electron chi connectivity index (χ0n) is 33.4. The van der Waals surface area contributed by atoms with Crippen LogP contribution >= 0.6 is 0 Å². The van der Waals surface area contributed by atoms with E-state index in [2.05, 4.69) is 193 Å². The number of para-hydroxylation sites is 2. The molecule has 12 aromatic rings. The van der Waals surface area contributed by atoms with Crippen molar-refractivity contribution in [3.63, 3.8) is 0 Å². The normalized spacial score (nSPS) is 12.0. The molecule has 0 radical (unpaired) electrons. The van der Waals surface area contributed by atoms with E-state index in [1.54, 1.807) is 6.20 Å². The summed E-state index contributed by atoms with van der Waals surface area (Å²) in [5.41, 5.74) is 11.6. The summed E-state index contributed by atoms with van der Waals surface area (Å²) in [6.07, 6.45) is 7.82. The van der Waals surface area contributed by atoms with Crippen molar-refractivity contribution in [3.05, 3.63) is 206 Å². The van der Waals surface area contributed by atoms with Crippen LogP contribution in [0.5, 0.6) is 0 Å². The van der Waals surface area contributed by atoms with E-state index >= 15 is 0 Å². The Balaban J connectivity index is 1.10. The largest absolute Gasteiger partial charge is 0.309 e. The molecule has 0 amide bonds. The summed E-state index contributed by atoms with van der Waals surface area (Å²) in [5.74, 6) is 0.582. The Morgan fingerprint density at radius 2 is 1.10 bits per heavy atom. The Hall–Kier alpha value is -8.15. The Kier molecular flexibility index (Phi) is 7.84. The Morgan fingerprint density at radius 3 is 1.89 bits per heavy atom. The molecule has 0 unspecified atom stereocenters. The van der Waals surface area contributed by atoms with E-state index in [4.69, 9.17) is 15.0 Å². The van der Waals surface area contributed by atoms with Gasteiger partial charge in [0.1, 0.15) is 0 Å². The van der Waals surface area contributed by atoms with Gasteiger partial charge in [0, 0.05) is 50.2 Å². The van der Waals surface area contributed by atoms with E-state index in [0.717, 1.165) is 60.6 Å². The number of hydrogen-bond acceptors (Lipinski definition) is 3.